The van der Waals surface area contributed by atoms with Gasteiger partial charge < -0.3 is 10.2 Å². The van der Waals surface area contributed by atoms with Gasteiger partial charge in [0.25, 0.3) is 0 Å². The molecule has 1 aliphatic rings. The normalized spacial score (nSPS) is 16.4. The van der Waals surface area contributed by atoms with Gasteiger partial charge in [0.1, 0.15) is 5.82 Å². The minimum absolute atomic E-state index is 0.114. The molecule has 1 saturated carbocycles. The van der Waals surface area contributed by atoms with Crippen LogP contribution in [-0.4, -0.2) is 28.6 Å². The third kappa shape index (κ3) is 3.42. The van der Waals surface area contributed by atoms with E-state index in [2.05, 4.69) is 48.0 Å². The first-order chi connectivity index (χ1) is 8.46. The van der Waals surface area contributed by atoms with Crippen LogP contribution in [0.2, 0.25) is 0 Å². The number of nitrogens with zero attached hydrogens (tertiary/aromatic N) is 3. The monoisotopic (exact) mass is 248 g/mol. The molecule has 2 rings (SSSR count). The zero-order valence-electron chi connectivity index (χ0n) is 11.9. The summed E-state index contributed by atoms with van der Waals surface area (Å²) in [6.45, 7) is 7.22. The van der Waals surface area contributed by atoms with E-state index in [1.54, 1.807) is 0 Å². The van der Waals surface area contributed by atoms with Crippen LogP contribution in [0.15, 0.2) is 12.4 Å². The molecule has 0 atom stereocenters. The lowest BCUT2D eigenvalue weighted by atomic mass is 9.92. The van der Waals surface area contributed by atoms with Gasteiger partial charge in [0.15, 0.2) is 0 Å². The number of rotatable bonds is 4. The molecule has 1 fully saturated rings. The molecule has 1 aliphatic carbocycles. The van der Waals surface area contributed by atoms with E-state index in [9.17, 15) is 0 Å². The summed E-state index contributed by atoms with van der Waals surface area (Å²) in [6.07, 6.45) is 7.67. The lowest BCUT2D eigenvalue weighted by Gasteiger charge is -2.35. The minimum Gasteiger partial charge on any atom is -0.355 e. The molecule has 0 saturated heterocycles. The average Bonchev–Trinajstić information content (AvgIpc) is 2.23. The minimum atomic E-state index is 0.114. The van der Waals surface area contributed by atoms with Gasteiger partial charge in [-0.05, 0) is 40.0 Å². The molecule has 1 heterocycles. The predicted octanol–water partition coefficient (Wildman–Crippen LogP) is 2.35. The lowest BCUT2D eigenvalue weighted by molar-refractivity contribution is 0.398. The molecule has 0 aromatic carbocycles. The maximum absolute atomic E-state index is 4.51. The smallest absolute Gasteiger partial charge is 0.147 e. The van der Waals surface area contributed by atoms with Crippen LogP contribution < -0.4 is 10.2 Å². The van der Waals surface area contributed by atoms with Gasteiger partial charge in [-0.25, -0.2) is 4.98 Å². The van der Waals surface area contributed by atoms with Crippen molar-refractivity contribution >= 4 is 5.82 Å². The Labute approximate surface area is 110 Å². The Morgan fingerprint density at radius 3 is 2.44 bits per heavy atom. The molecular formula is C14H24N4. The average molecular weight is 248 g/mol. The van der Waals surface area contributed by atoms with Crippen molar-refractivity contribution in [2.75, 3.05) is 11.9 Å². The summed E-state index contributed by atoms with van der Waals surface area (Å²) in [7, 11) is 2.11. The van der Waals surface area contributed by atoms with Crippen LogP contribution in [0.25, 0.3) is 0 Å². The van der Waals surface area contributed by atoms with E-state index in [0.717, 1.165) is 18.1 Å². The summed E-state index contributed by atoms with van der Waals surface area (Å²) in [5.41, 5.74) is 1.11. The van der Waals surface area contributed by atoms with Crippen LogP contribution in [-0.2, 0) is 6.54 Å². The van der Waals surface area contributed by atoms with Crippen LogP contribution in [0.5, 0.6) is 0 Å². The molecule has 1 N–H and O–H groups in total. The first-order valence-electron chi connectivity index (χ1n) is 6.74. The third-order valence-corrected chi connectivity index (χ3v) is 3.48. The first-order valence-corrected chi connectivity index (χ1v) is 6.74. The predicted molar refractivity (Wildman–Crippen MR) is 74.7 cm³/mol. The first kappa shape index (κ1) is 13.3. The molecule has 4 heteroatoms. The SMILES string of the molecule is CN(c1cnc(CNC(C)(C)C)cn1)C1CCC1. The highest BCUT2D eigenvalue weighted by Gasteiger charge is 2.23. The summed E-state index contributed by atoms with van der Waals surface area (Å²) in [5.74, 6) is 0.985. The molecule has 1 aromatic heterocycles. The second kappa shape index (κ2) is 5.22. The van der Waals surface area contributed by atoms with E-state index in [1.807, 2.05) is 12.4 Å². The molecule has 0 bridgehead atoms. The van der Waals surface area contributed by atoms with Gasteiger partial charge in [-0.2, -0.15) is 0 Å². The van der Waals surface area contributed by atoms with Gasteiger partial charge in [0.05, 0.1) is 18.1 Å². The molecule has 0 radical (unpaired) electrons. The molecule has 100 valence electrons. The molecule has 0 spiro atoms. The van der Waals surface area contributed by atoms with Crippen LogP contribution in [0, 0.1) is 0 Å². The highest BCUT2D eigenvalue weighted by Crippen LogP contribution is 2.26. The number of aromatic nitrogens is 2. The van der Waals surface area contributed by atoms with Crippen LogP contribution >= 0.6 is 0 Å². The van der Waals surface area contributed by atoms with Gasteiger partial charge in [0.2, 0.25) is 0 Å². The Kier molecular flexibility index (Phi) is 3.85. The van der Waals surface area contributed by atoms with E-state index in [1.165, 1.54) is 19.3 Å². The van der Waals surface area contributed by atoms with E-state index in [0.29, 0.717) is 6.04 Å². The molecule has 18 heavy (non-hydrogen) atoms. The van der Waals surface area contributed by atoms with Gasteiger partial charge in [-0.15, -0.1) is 0 Å². The highest BCUT2D eigenvalue weighted by atomic mass is 15.2. The second-order valence-electron chi connectivity index (χ2n) is 6.17. The lowest BCUT2D eigenvalue weighted by Crippen LogP contribution is -2.38. The van der Waals surface area contributed by atoms with E-state index < -0.39 is 0 Å². The Balaban J connectivity index is 1.92. The van der Waals surface area contributed by atoms with Crippen LogP contribution in [0.3, 0.4) is 0 Å². The molecule has 4 nitrogen and oxygen atoms in total. The van der Waals surface area contributed by atoms with Gasteiger partial charge in [-0.1, -0.05) is 0 Å². The Morgan fingerprint density at radius 2 is 2.00 bits per heavy atom. The zero-order valence-corrected chi connectivity index (χ0v) is 11.9. The fourth-order valence-electron chi connectivity index (χ4n) is 1.94. The number of nitrogens with one attached hydrogen (secondary N) is 1. The molecule has 0 unspecified atom stereocenters. The van der Waals surface area contributed by atoms with Crippen molar-refractivity contribution in [2.45, 2.75) is 58.2 Å². The van der Waals surface area contributed by atoms with Crippen molar-refractivity contribution in [3.05, 3.63) is 18.1 Å². The van der Waals surface area contributed by atoms with Crippen LogP contribution in [0.1, 0.15) is 45.7 Å². The van der Waals surface area contributed by atoms with Crippen molar-refractivity contribution < 1.29 is 0 Å². The van der Waals surface area contributed by atoms with Crippen molar-refractivity contribution in [1.82, 2.24) is 15.3 Å². The number of hydrogen-bond acceptors (Lipinski definition) is 4. The van der Waals surface area contributed by atoms with Crippen molar-refractivity contribution in [1.29, 1.82) is 0 Å². The number of hydrogen-bond donors (Lipinski definition) is 1. The maximum atomic E-state index is 4.51. The van der Waals surface area contributed by atoms with Gasteiger partial charge >= 0.3 is 0 Å². The number of anilines is 1. The molecule has 0 amide bonds. The third-order valence-electron chi connectivity index (χ3n) is 3.48. The van der Waals surface area contributed by atoms with E-state index in [4.69, 9.17) is 0 Å². The summed E-state index contributed by atoms with van der Waals surface area (Å²) < 4.78 is 0. The molecular weight excluding hydrogens is 224 g/mol. The molecule has 1 aromatic rings. The van der Waals surface area contributed by atoms with Crippen molar-refractivity contribution in [3.8, 4) is 0 Å². The zero-order chi connectivity index (χ0) is 13.2. The topological polar surface area (TPSA) is 41.1 Å². The Bertz CT molecular complexity index is 376. The standard InChI is InChI=1S/C14H24N4/c1-14(2,3)17-9-11-8-16-13(10-15-11)18(4)12-6-5-7-12/h8,10,12,17H,5-7,9H2,1-4H3. The Hall–Kier alpha value is -1.16. The Morgan fingerprint density at radius 1 is 1.28 bits per heavy atom. The highest BCUT2D eigenvalue weighted by molar-refractivity contribution is 5.36. The van der Waals surface area contributed by atoms with Crippen LogP contribution in [0.4, 0.5) is 5.82 Å². The fourth-order valence-corrected chi connectivity index (χ4v) is 1.94. The summed E-state index contributed by atoms with van der Waals surface area (Å²) in [4.78, 5) is 11.2. The fraction of sp³-hybridized carbons (Fsp3) is 0.714. The van der Waals surface area contributed by atoms with Gasteiger partial charge in [-0.3, -0.25) is 4.98 Å². The van der Waals surface area contributed by atoms with E-state index >= 15 is 0 Å². The maximum Gasteiger partial charge on any atom is 0.147 e. The summed E-state index contributed by atoms with van der Waals surface area (Å²) >= 11 is 0. The van der Waals surface area contributed by atoms with Gasteiger partial charge in [0, 0.05) is 25.2 Å². The summed E-state index contributed by atoms with van der Waals surface area (Å²) in [5, 5.41) is 3.42. The van der Waals surface area contributed by atoms with E-state index in [-0.39, 0.29) is 5.54 Å². The largest absolute Gasteiger partial charge is 0.355 e. The van der Waals surface area contributed by atoms with Crippen molar-refractivity contribution in [2.24, 2.45) is 0 Å². The molecule has 0 aliphatic heterocycles. The quantitative estimate of drug-likeness (QED) is 0.888. The second-order valence-corrected chi connectivity index (χ2v) is 6.17. The van der Waals surface area contributed by atoms with Crippen molar-refractivity contribution in [3.63, 3.8) is 0 Å². The summed E-state index contributed by atoms with van der Waals surface area (Å²) in [6, 6.07) is 0.665.